The minimum atomic E-state index is -0.203. The standard InChI is InChI=1S/C28H27N5O/c1-19(2)26(34)33-28(30-18-23-14-8-12-21-10-4-6-16-25(21)23)31-27(32-33)29-17-22-13-7-11-20-9-3-5-15-24(20)22/h3-16,19H,17-18H2,1-2H3,(H2,29,30,31,32). The first-order chi connectivity index (χ1) is 16.6. The Morgan fingerprint density at radius 2 is 1.29 bits per heavy atom. The van der Waals surface area contributed by atoms with Gasteiger partial charge in [0.15, 0.2) is 0 Å². The monoisotopic (exact) mass is 449 g/mol. The fraction of sp³-hybridized carbons (Fsp3) is 0.179. The fourth-order valence-electron chi connectivity index (χ4n) is 4.14. The molecule has 5 aromatic rings. The molecular formula is C28H27N5O. The van der Waals surface area contributed by atoms with Gasteiger partial charge in [-0.2, -0.15) is 9.67 Å². The summed E-state index contributed by atoms with van der Waals surface area (Å²) < 4.78 is 1.38. The number of rotatable bonds is 7. The zero-order valence-electron chi connectivity index (χ0n) is 19.3. The Labute approximate surface area is 198 Å². The van der Waals surface area contributed by atoms with Crippen molar-refractivity contribution in [3.63, 3.8) is 0 Å². The van der Waals surface area contributed by atoms with E-state index in [1.165, 1.54) is 26.2 Å². The average molecular weight is 450 g/mol. The van der Waals surface area contributed by atoms with Crippen molar-refractivity contribution in [3.05, 3.63) is 96.1 Å². The number of aromatic nitrogens is 3. The van der Waals surface area contributed by atoms with Gasteiger partial charge >= 0.3 is 0 Å². The van der Waals surface area contributed by atoms with E-state index >= 15 is 0 Å². The summed E-state index contributed by atoms with van der Waals surface area (Å²) >= 11 is 0. The van der Waals surface area contributed by atoms with Gasteiger partial charge in [-0.1, -0.05) is 98.8 Å². The Balaban J connectivity index is 1.39. The third kappa shape index (κ3) is 4.35. The Morgan fingerprint density at radius 1 is 0.765 bits per heavy atom. The molecule has 5 rings (SSSR count). The zero-order chi connectivity index (χ0) is 23.5. The minimum absolute atomic E-state index is 0.105. The number of anilines is 2. The van der Waals surface area contributed by atoms with Crippen molar-refractivity contribution in [2.45, 2.75) is 26.9 Å². The van der Waals surface area contributed by atoms with E-state index in [-0.39, 0.29) is 11.8 Å². The lowest BCUT2D eigenvalue weighted by atomic mass is 10.0. The normalized spacial score (nSPS) is 11.3. The third-order valence-electron chi connectivity index (χ3n) is 5.94. The van der Waals surface area contributed by atoms with Crippen LogP contribution in [0.4, 0.5) is 11.9 Å². The molecule has 2 N–H and O–H groups in total. The molecule has 0 unspecified atom stereocenters. The van der Waals surface area contributed by atoms with E-state index in [4.69, 9.17) is 0 Å². The number of hydrogen-bond acceptors (Lipinski definition) is 5. The number of carbonyl (C=O) groups excluding carboxylic acids is 1. The summed E-state index contributed by atoms with van der Waals surface area (Å²) in [4.78, 5) is 17.5. The first-order valence-corrected chi connectivity index (χ1v) is 11.5. The highest BCUT2D eigenvalue weighted by atomic mass is 16.2. The maximum Gasteiger partial charge on any atom is 0.252 e. The second-order valence-electron chi connectivity index (χ2n) is 8.65. The van der Waals surface area contributed by atoms with Crippen molar-refractivity contribution in [3.8, 4) is 0 Å². The van der Waals surface area contributed by atoms with E-state index < -0.39 is 0 Å². The lowest BCUT2D eigenvalue weighted by Gasteiger charge is -2.10. The summed E-state index contributed by atoms with van der Waals surface area (Å²) in [5, 5.41) is 15.8. The molecule has 6 nitrogen and oxygen atoms in total. The predicted molar refractivity (Wildman–Crippen MR) is 138 cm³/mol. The first-order valence-electron chi connectivity index (χ1n) is 11.5. The van der Waals surface area contributed by atoms with Crippen LogP contribution in [0.2, 0.25) is 0 Å². The maximum atomic E-state index is 12.8. The molecule has 6 heteroatoms. The van der Waals surface area contributed by atoms with Gasteiger partial charge in [0.05, 0.1) is 0 Å². The van der Waals surface area contributed by atoms with Gasteiger partial charge in [0.25, 0.3) is 5.91 Å². The molecule has 0 bridgehead atoms. The maximum absolute atomic E-state index is 12.8. The van der Waals surface area contributed by atoms with E-state index in [0.717, 1.165) is 11.1 Å². The third-order valence-corrected chi connectivity index (χ3v) is 5.94. The molecule has 0 radical (unpaired) electrons. The van der Waals surface area contributed by atoms with Crippen LogP contribution in [0.15, 0.2) is 84.9 Å². The molecular weight excluding hydrogens is 422 g/mol. The highest BCUT2D eigenvalue weighted by Gasteiger charge is 2.19. The van der Waals surface area contributed by atoms with Crippen molar-refractivity contribution in [1.29, 1.82) is 0 Å². The molecule has 4 aromatic carbocycles. The number of nitrogens with zero attached hydrogens (tertiary/aromatic N) is 3. The quantitative estimate of drug-likeness (QED) is 0.314. The van der Waals surface area contributed by atoms with Gasteiger partial charge in [0, 0.05) is 19.0 Å². The summed E-state index contributed by atoms with van der Waals surface area (Å²) in [7, 11) is 0. The highest BCUT2D eigenvalue weighted by Crippen LogP contribution is 2.22. The van der Waals surface area contributed by atoms with Gasteiger partial charge in [-0.25, -0.2) is 0 Å². The Bertz CT molecular complexity index is 1460. The van der Waals surface area contributed by atoms with Gasteiger partial charge < -0.3 is 10.6 Å². The van der Waals surface area contributed by atoms with Gasteiger partial charge in [-0.3, -0.25) is 4.79 Å². The molecule has 1 aromatic heterocycles. The molecule has 0 saturated carbocycles. The summed E-state index contributed by atoms with van der Waals surface area (Å²) in [5.74, 6) is 0.547. The number of hydrogen-bond donors (Lipinski definition) is 2. The van der Waals surface area contributed by atoms with Crippen LogP contribution in [0.1, 0.15) is 29.8 Å². The smallest absolute Gasteiger partial charge is 0.252 e. The molecule has 1 heterocycles. The van der Waals surface area contributed by atoms with Gasteiger partial charge in [0.1, 0.15) is 0 Å². The van der Waals surface area contributed by atoms with Crippen LogP contribution < -0.4 is 10.6 Å². The summed E-state index contributed by atoms with van der Waals surface area (Å²) in [6.45, 7) is 4.82. The molecule has 170 valence electrons. The van der Waals surface area contributed by atoms with Crippen molar-refractivity contribution >= 4 is 39.3 Å². The molecule has 0 aliphatic heterocycles. The van der Waals surface area contributed by atoms with Crippen molar-refractivity contribution in [2.24, 2.45) is 5.92 Å². The fourth-order valence-corrected chi connectivity index (χ4v) is 4.14. The van der Waals surface area contributed by atoms with E-state index in [1.807, 2.05) is 50.2 Å². The summed E-state index contributed by atoms with van der Waals surface area (Å²) in [6.07, 6.45) is 0. The summed E-state index contributed by atoms with van der Waals surface area (Å²) in [5.41, 5.74) is 2.28. The van der Waals surface area contributed by atoms with E-state index in [1.54, 1.807) is 0 Å². The lowest BCUT2D eigenvalue weighted by molar-refractivity contribution is 0.0841. The van der Waals surface area contributed by atoms with E-state index in [2.05, 4.69) is 69.2 Å². The van der Waals surface area contributed by atoms with Crippen molar-refractivity contribution in [1.82, 2.24) is 14.8 Å². The average Bonchev–Trinajstić information content (AvgIpc) is 3.28. The van der Waals surface area contributed by atoms with Crippen LogP contribution in [0.25, 0.3) is 21.5 Å². The molecule has 0 fully saturated rings. The second-order valence-corrected chi connectivity index (χ2v) is 8.65. The van der Waals surface area contributed by atoms with Gasteiger partial charge in [-0.15, -0.1) is 5.10 Å². The molecule has 34 heavy (non-hydrogen) atoms. The zero-order valence-corrected chi connectivity index (χ0v) is 19.3. The highest BCUT2D eigenvalue weighted by molar-refractivity contribution is 5.87. The minimum Gasteiger partial charge on any atom is -0.350 e. The number of benzene rings is 4. The Morgan fingerprint density at radius 3 is 1.88 bits per heavy atom. The SMILES string of the molecule is CC(C)C(=O)n1nc(NCc2cccc3ccccc23)nc1NCc1cccc2ccccc12. The Kier molecular flexibility index (Phi) is 5.95. The molecule has 0 aliphatic carbocycles. The molecule has 0 aliphatic rings. The van der Waals surface area contributed by atoms with E-state index in [9.17, 15) is 4.79 Å². The lowest BCUT2D eigenvalue weighted by Crippen LogP contribution is -2.21. The molecule has 0 spiro atoms. The van der Waals surface area contributed by atoms with Crippen LogP contribution in [-0.2, 0) is 13.1 Å². The van der Waals surface area contributed by atoms with E-state index in [0.29, 0.717) is 25.0 Å². The predicted octanol–water partition coefficient (Wildman–Crippen LogP) is 6.10. The molecule has 0 saturated heterocycles. The van der Waals surface area contributed by atoms with Crippen LogP contribution in [0.3, 0.4) is 0 Å². The first kappa shape index (κ1) is 21.6. The van der Waals surface area contributed by atoms with Crippen LogP contribution in [0, 0.1) is 5.92 Å². The largest absolute Gasteiger partial charge is 0.350 e. The van der Waals surface area contributed by atoms with Crippen LogP contribution in [0.5, 0.6) is 0 Å². The number of fused-ring (bicyclic) bond motifs is 2. The number of nitrogens with one attached hydrogen (secondary N) is 2. The van der Waals surface area contributed by atoms with Crippen LogP contribution >= 0.6 is 0 Å². The van der Waals surface area contributed by atoms with Crippen molar-refractivity contribution < 1.29 is 4.79 Å². The Hall–Kier alpha value is -4.19. The number of carbonyl (C=O) groups is 1. The molecule has 0 atom stereocenters. The summed E-state index contributed by atoms with van der Waals surface area (Å²) in [6, 6.07) is 29.0. The van der Waals surface area contributed by atoms with Gasteiger partial charge in [0.2, 0.25) is 11.9 Å². The van der Waals surface area contributed by atoms with Crippen LogP contribution in [-0.4, -0.2) is 20.7 Å². The molecule has 0 amide bonds. The second kappa shape index (κ2) is 9.35. The van der Waals surface area contributed by atoms with Gasteiger partial charge in [-0.05, 0) is 32.7 Å². The topological polar surface area (TPSA) is 71.8 Å². The van der Waals surface area contributed by atoms with Crippen molar-refractivity contribution in [2.75, 3.05) is 10.6 Å².